The van der Waals surface area contributed by atoms with Crippen LogP contribution >= 0.6 is 0 Å². The van der Waals surface area contributed by atoms with Gasteiger partial charge >= 0.3 is 6.03 Å². The minimum Gasteiger partial charge on any atom is -0.352 e. The Morgan fingerprint density at radius 1 is 1.20 bits per heavy atom. The molecule has 0 aliphatic heterocycles. The zero-order chi connectivity index (χ0) is 11.7. The van der Waals surface area contributed by atoms with Crippen LogP contribution in [0.15, 0.2) is 0 Å². The highest BCUT2D eigenvalue weighted by atomic mass is 32.2. The van der Waals surface area contributed by atoms with Crippen molar-refractivity contribution in [2.75, 3.05) is 25.4 Å². The van der Waals surface area contributed by atoms with E-state index < -0.39 is 16.1 Å². The molecule has 0 radical (unpaired) electrons. The quantitative estimate of drug-likeness (QED) is 0.376. The van der Waals surface area contributed by atoms with Crippen LogP contribution in [0.2, 0.25) is 0 Å². The first-order valence-electron chi connectivity index (χ1n) is 4.68. The first-order valence-corrected chi connectivity index (χ1v) is 6.34. The summed E-state index contributed by atoms with van der Waals surface area (Å²) >= 11 is 0. The normalized spacial score (nSPS) is 11.3. The van der Waals surface area contributed by atoms with Crippen molar-refractivity contribution in [1.29, 1.82) is 0 Å². The van der Waals surface area contributed by atoms with Gasteiger partial charge in [0.2, 0.25) is 10.0 Å². The molecule has 0 saturated carbocycles. The van der Waals surface area contributed by atoms with Crippen LogP contribution in [-0.2, 0) is 10.0 Å². The molecule has 0 rings (SSSR count). The van der Waals surface area contributed by atoms with Crippen LogP contribution in [0.4, 0.5) is 4.79 Å². The number of amides is 2. The number of hydrogen-bond donors (Lipinski definition) is 4. The number of nitrogens with two attached hydrogens (primary N) is 2. The second-order valence-electron chi connectivity index (χ2n) is 3.00. The van der Waals surface area contributed by atoms with E-state index in [-0.39, 0.29) is 18.8 Å². The van der Waals surface area contributed by atoms with Crippen molar-refractivity contribution in [3.8, 4) is 0 Å². The molecule has 0 bridgehead atoms. The number of sulfonamides is 1. The van der Waals surface area contributed by atoms with Gasteiger partial charge in [-0.3, -0.25) is 0 Å². The van der Waals surface area contributed by atoms with Crippen LogP contribution in [0.5, 0.6) is 0 Å². The van der Waals surface area contributed by atoms with Gasteiger partial charge in [-0.2, -0.15) is 0 Å². The SMILES string of the molecule is NCCCCS(=O)(=O)NCCNC(N)=O. The number of rotatable bonds is 8. The third-order valence-electron chi connectivity index (χ3n) is 1.61. The van der Waals surface area contributed by atoms with E-state index in [9.17, 15) is 13.2 Å². The van der Waals surface area contributed by atoms with Gasteiger partial charge in [0.25, 0.3) is 0 Å². The highest BCUT2D eigenvalue weighted by molar-refractivity contribution is 7.89. The zero-order valence-corrected chi connectivity index (χ0v) is 9.35. The molecular formula is C7H18N4O3S. The van der Waals surface area contributed by atoms with Crippen molar-refractivity contribution in [3.05, 3.63) is 0 Å². The molecule has 0 spiro atoms. The minimum atomic E-state index is -3.25. The van der Waals surface area contributed by atoms with Gasteiger partial charge in [0.1, 0.15) is 0 Å². The average Bonchev–Trinajstić information content (AvgIpc) is 2.13. The van der Waals surface area contributed by atoms with Gasteiger partial charge in [0.15, 0.2) is 0 Å². The lowest BCUT2D eigenvalue weighted by Gasteiger charge is -2.06. The van der Waals surface area contributed by atoms with E-state index in [1.54, 1.807) is 0 Å². The standard InChI is InChI=1S/C7H18N4O3S/c8-3-1-2-6-15(13,14)11-5-4-10-7(9)12/h11H,1-6,8H2,(H3,9,10,12). The molecule has 0 atom stereocenters. The Labute approximate surface area is 89.6 Å². The fourth-order valence-corrected chi connectivity index (χ4v) is 2.04. The molecule has 0 aromatic heterocycles. The van der Waals surface area contributed by atoms with Crippen molar-refractivity contribution in [2.24, 2.45) is 11.5 Å². The van der Waals surface area contributed by atoms with Crippen molar-refractivity contribution < 1.29 is 13.2 Å². The molecule has 0 aromatic rings. The Balaban J connectivity index is 3.60. The topological polar surface area (TPSA) is 127 Å². The smallest absolute Gasteiger partial charge is 0.312 e. The summed E-state index contributed by atoms with van der Waals surface area (Å²) in [5.74, 6) is 0.0563. The first-order chi connectivity index (χ1) is 6.98. The van der Waals surface area contributed by atoms with Crippen LogP contribution in [0, 0.1) is 0 Å². The maximum absolute atomic E-state index is 11.3. The van der Waals surface area contributed by atoms with Crippen molar-refractivity contribution in [2.45, 2.75) is 12.8 Å². The second kappa shape index (κ2) is 7.43. The van der Waals surface area contributed by atoms with Crippen LogP contribution < -0.4 is 21.5 Å². The molecular weight excluding hydrogens is 220 g/mol. The van der Waals surface area contributed by atoms with E-state index in [1.807, 2.05) is 0 Å². The summed E-state index contributed by atoms with van der Waals surface area (Å²) < 4.78 is 24.8. The van der Waals surface area contributed by atoms with Gasteiger partial charge in [0, 0.05) is 13.1 Å². The Kier molecular flexibility index (Phi) is 7.01. The summed E-state index contributed by atoms with van der Waals surface area (Å²) in [6, 6.07) is -0.669. The van der Waals surface area contributed by atoms with Crippen LogP contribution in [-0.4, -0.2) is 39.8 Å². The highest BCUT2D eigenvalue weighted by Crippen LogP contribution is 1.92. The summed E-state index contributed by atoms with van der Waals surface area (Å²) in [6.45, 7) is 0.818. The minimum absolute atomic E-state index is 0.0563. The van der Waals surface area contributed by atoms with Gasteiger partial charge in [-0.1, -0.05) is 0 Å². The maximum Gasteiger partial charge on any atom is 0.312 e. The molecule has 15 heavy (non-hydrogen) atoms. The summed E-state index contributed by atoms with van der Waals surface area (Å²) in [5, 5.41) is 2.28. The summed E-state index contributed by atoms with van der Waals surface area (Å²) in [7, 11) is -3.25. The van der Waals surface area contributed by atoms with Crippen LogP contribution in [0.3, 0.4) is 0 Å². The number of hydrogen-bond acceptors (Lipinski definition) is 4. The van der Waals surface area contributed by atoms with Gasteiger partial charge in [-0.05, 0) is 19.4 Å². The predicted octanol–water partition coefficient (Wildman–Crippen LogP) is -1.69. The highest BCUT2D eigenvalue weighted by Gasteiger charge is 2.08. The van der Waals surface area contributed by atoms with Gasteiger partial charge < -0.3 is 16.8 Å². The third-order valence-corrected chi connectivity index (χ3v) is 3.08. The lowest BCUT2D eigenvalue weighted by molar-refractivity contribution is 0.249. The average molecular weight is 238 g/mol. The number of unbranched alkanes of at least 4 members (excludes halogenated alkanes) is 1. The van der Waals surface area contributed by atoms with Gasteiger partial charge in [-0.15, -0.1) is 0 Å². The van der Waals surface area contributed by atoms with E-state index >= 15 is 0 Å². The van der Waals surface area contributed by atoms with E-state index in [2.05, 4.69) is 10.0 Å². The lowest BCUT2D eigenvalue weighted by atomic mass is 10.3. The fourth-order valence-electron chi connectivity index (χ4n) is 0.901. The number of carbonyl (C=O) groups is 1. The lowest BCUT2D eigenvalue weighted by Crippen LogP contribution is -2.37. The Hall–Kier alpha value is -0.860. The first kappa shape index (κ1) is 14.1. The van der Waals surface area contributed by atoms with Crippen molar-refractivity contribution in [3.63, 3.8) is 0 Å². The molecule has 2 amide bonds. The molecule has 0 aliphatic carbocycles. The number of primary amides is 1. The van der Waals surface area contributed by atoms with E-state index in [4.69, 9.17) is 11.5 Å². The number of carbonyl (C=O) groups excluding carboxylic acids is 1. The van der Waals surface area contributed by atoms with Crippen LogP contribution in [0.1, 0.15) is 12.8 Å². The van der Waals surface area contributed by atoms with Gasteiger partial charge in [-0.25, -0.2) is 17.9 Å². The molecule has 90 valence electrons. The Bertz CT molecular complexity index is 278. The summed E-state index contributed by atoms with van der Waals surface area (Å²) in [6.07, 6.45) is 1.22. The molecule has 7 nitrogen and oxygen atoms in total. The molecule has 0 aromatic carbocycles. The predicted molar refractivity (Wildman–Crippen MR) is 57.7 cm³/mol. The fraction of sp³-hybridized carbons (Fsp3) is 0.857. The third kappa shape index (κ3) is 9.44. The summed E-state index contributed by atoms with van der Waals surface area (Å²) in [5.41, 5.74) is 10.0. The van der Waals surface area contributed by atoms with Crippen molar-refractivity contribution in [1.82, 2.24) is 10.0 Å². The Morgan fingerprint density at radius 3 is 2.40 bits per heavy atom. The maximum atomic E-state index is 11.3. The van der Waals surface area contributed by atoms with E-state index in [0.717, 1.165) is 0 Å². The molecule has 0 fully saturated rings. The Morgan fingerprint density at radius 2 is 1.87 bits per heavy atom. The summed E-state index contributed by atoms with van der Waals surface area (Å²) in [4.78, 5) is 10.3. The zero-order valence-electron chi connectivity index (χ0n) is 8.53. The van der Waals surface area contributed by atoms with Crippen LogP contribution in [0.25, 0.3) is 0 Å². The molecule has 0 unspecified atom stereocenters. The number of nitrogens with one attached hydrogen (secondary N) is 2. The molecule has 6 N–H and O–H groups in total. The second-order valence-corrected chi connectivity index (χ2v) is 4.93. The van der Waals surface area contributed by atoms with Gasteiger partial charge in [0.05, 0.1) is 5.75 Å². The molecule has 0 aliphatic rings. The molecule has 8 heteroatoms. The van der Waals surface area contributed by atoms with E-state index in [1.165, 1.54) is 0 Å². The monoisotopic (exact) mass is 238 g/mol. The number of urea groups is 1. The largest absolute Gasteiger partial charge is 0.352 e. The van der Waals surface area contributed by atoms with Crippen molar-refractivity contribution >= 4 is 16.1 Å². The molecule has 0 saturated heterocycles. The van der Waals surface area contributed by atoms with E-state index in [0.29, 0.717) is 19.4 Å². The molecule has 0 heterocycles.